The normalized spacial score (nSPS) is 16.6. The summed E-state index contributed by atoms with van der Waals surface area (Å²) in [4.78, 5) is 24.7. The van der Waals surface area contributed by atoms with E-state index < -0.39 is 0 Å². The average Bonchev–Trinajstić information content (AvgIpc) is 2.47. The summed E-state index contributed by atoms with van der Waals surface area (Å²) in [6.07, 6.45) is 0.387. The number of carbonyl (C=O) groups is 2. The number of nitrogens with one attached hydrogen (secondary N) is 1. The lowest BCUT2D eigenvalue weighted by atomic mass is 10.1. The van der Waals surface area contributed by atoms with Crippen molar-refractivity contribution in [2.45, 2.75) is 19.9 Å². The molecule has 90 valence electrons. The molecule has 0 radical (unpaired) electrons. The largest absolute Gasteiger partial charge is 0.347 e. The van der Waals surface area contributed by atoms with Gasteiger partial charge >= 0.3 is 0 Å². The first kappa shape index (κ1) is 11.6. The Labute approximate surface area is 101 Å². The van der Waals surface area contributed by atoms with E-state index in [1.54, 1.807) is 4.90 Å². The van der Waals surface area contributed by atoms with Crippen molar-refractivity contribution in [3.05, 3.63) is 35.4 Å². The second kappa shape index (κ2) is 4.99. The van der Waals surface area contributed by atoms with Crippen molar-refractivity contribution in [1.29, 1.82) is 0 Å². The number of benzene rings is 1. The molecular formula is C13H16N2O2. The maximum Gasteiger partial charge on any atom is 0.242 e. The van der Waals surface area contributed by atoms with E-state index in [4.69, 9.17) is 0 Å². The highest BCUT2D eigenvalue weighted by Crippen LogP contribution is 2.11. The lowest BCUT2D eigenvalue weighted by Gasteiger charge is -2.20. The van der Waals surface area contributed by atoms with Gasteiger partial charge in [0.2, 0.25) is 11.8 Å². The maximum absolute atomic E-state index is 11.8. The zero-order valence-electron chi connectivity index (χ0n) is 9.90. The van der Waals surface area contributed by atoms with Crippen molar-refractivity contribution >= 4 is 11.8 Å². The van der Waals surface area contributed by atoms with Crippen LogP contribution >= 0.6 is 0 Å². The summed E-state index contributed by atoms with van der Waals surface area (Å²) in [5.74, 6) is -0.0651. The van der Waals surface area contributed by atoms with Crippen LogP contribution in [0.15, 0.2) is 24.3 Å². The van der Waals surface area contributed by atoms with E-state index in [1.165, 1.54) is 5.56 Å². The lowest BCUT2D eigenvalue weighted by Crippen LogP contribution is -2.34. The van der Waals surface area contributed by atoms with Crippen LogP contribution in [0, 0.1) is 6.92 Å². The summed E-state index contributed by atoms with van der Waals surface area (Å²) >= 11 is 0. The Morgan fingerprint density at radius 2 is 2.06 bits per heavy atom. The summed E-state index contributed by atoms with van der Waals surface area (Å²) in [5.41, 5.74) is 2.30. The van der Waals surface area contributed by atoms with Crippen LogP contribution in [0.5, 0.6) is 0 Å². The molecule has 17 heavy (non-hydrogen) atoms. The van der Waals surface area contributed by atoms with Gasteiger partial charge in [-0.25, -0.2) is 0 Å². The fraction of sp³-hybridized carbons (Fsp3) is 0.385. The van der Waals surface area contributed by atoms with Crippen molar-refractivity contribution < 1.29 is 9.59 Å². The summed E-state index contributed by atoms with van der Waals surface area (Å²) in [7, 11) is 0. The molecule has 1 saturated heterocycles. The van der Waals surface area contributed by atoms with Crippen LogP contribution in [0.1, 0.15) is 17.5 Å². The zero-order chi connectivity index (χ0) is 12.3. The first-order chi connectivity index (χ1) is 8.16. The molecule has 1 heterocycles. The molecule has 1 aromatic carbocycles. The van der Waals surface area contributed by atoms with E-state index in [1.807, 2.05) is 31.2 Å². The van der Waals surface area contributed by atoms with Crippen molar-refractivity contribution in [3.63, 3.8) is 0 Å². The predicted octanol–water partition coefficient (Wildman–Crippen LogP) is 0.844. The van der Waals surface area contributed by atoms with Crippen molar-refractivity contribution in [1.82, 2.24) is 10.2 Å². The minimum absolute atomic E-state index is 0.0147. The summed E-state index contributed by atoms with van der Waals surface area (Å²) in [6.45, 7) is 3.23. The van der Waals surface area contributed by atoms with Gasteiger partial charge in [-0.1, -0.05) is 24.3 Å². The smallest absolute Gasteiger partial charge is 0.242 e. The van der Waals surface area contributed by atoms with Gasteiger partial charge < -0.3 is 10.2 Å². The second-order valence-corrected chi connectivity index (χ2v) is 4.27. The van der Waals surface area contributed by atoms with Gasteiger partial charge in [0.1, 0.15) is 0 Å². The Bertz CT molecular complexity index is 443. The van der Waals surface area contributed by atoms with Crippen molar-refractivity contribution in [3.8, 4) is 0 Å². The molecule has 4 heteroatoms. The van der Waals surface area contributed by atoms with Crippen LogP contribution in [-0.4, -0.2) is 29.8 Å². The molecule has 0 aliphatic carbocycles. The molecule has 0 aromatic heterocycles. The molecule has 2 amide bonds. The van der Waals surface area contributed by atoms with Gasteiger partial charge in [0.15, 0.2) is 0 Å². The number of carbonyl (C=O) groups excluding carboxylic acids is 2. The topological polar surface area (TPSA) is 49.4 Å². The fourth-order valence-electron chi connectivity index (χ4n) is 1.90. The van der Waals surface area contributed by atoms with Gasteiger partial charge in [0.05, 0.1) is 6.54 Å². The minimum atomic E-state index is -0.0503. The van der Waals surface area contributed by atoms with Gasteiger partial charge in [-0.05, 0) is 18.1 Å². The van der Waals surface area contributed by atoms with Crippen LogP contribution in [0.4, 0.5) is 0 Å². The van der Waals surface area contributed by atoms with Crippen molar-refractivity contribution in [2.24, 2.45) is 0 Å². The molecule has 0 unspecified atom stereocenters. The molecule has 1 N–H and O–H groups in total. The SMILES string of the molecule is Cc1ccccc1CN1CCC(=O)NCC1=O. The summed E-state index contributed by atoms with van der Waals surface area (Å²) in [6, 6.07) is 7.99. The first-order valence-electron chi connectivity index (χ1n) is 5.76. The minimum Gasteiger partial charge on any atom is -0.347 e. The van der Waals surface area contributed by atoms with Gasteiger partial charge in [-0.2, -0.15) is 0 Å². The molecule has 2 rings (SSSR count). The van der Waals surface area contributed by atoms with E-state index in [-0.39, 0.29) is 18.4 Å². The third kappa shape index (κ3) is 2.84. The van der Waals surface area contributed by atoms with Crippen LogP contribution in [0.3, 0.4) is 0 Å². The Kier molecular flexibility index (Phi) is 3.42. The predicted molar refractivity (Wildman–Crippen MR) is 64.2 cm³/mol. The fourth-order valence-corrected chi connectivity index (χ4v) is 1.90. The molecule has 4 nitrogen and oxygen atoms in total. The standard InChI is InChI=1S/C13H16N2O2/c1-10-4-2-3-5-11(10)9-15-7-6-12(16)14-8-13(15)17/h2-5H,6-9H2,1H3,(H,14,16). The number of hydrogen-bond acceptors (Lipinski definition) is 2. The Morgan fingerprint density at radius 3 is 2.82 bits per heavy atom. The lowest BCUT2D eigenvalue weighted by molar-refractivity contribution is -0.130. The molecule has 0 saturated carbocycles. The maximum atomic E-state index is 11.8. The highest BCUT2D eigenvalue weighted by atomic mass is 16.2. The molecule has 0 spiro atoms. The number of aryl methyl sites for hydroxylation is 1. The Morgan fingerprint density at radius 1 is 1.29 bits per heavy atom. The van der Waals surface area contributed by atoms with E-state index in [0.29, 0.717) is 19.5 Å². The van der Waals surface area contributed by atoms with Crippen LogP contribution in [-0.2, 0) is 16.1 Å². The van der Waals surface area contributed by atoms with Gasteiger partial charge in [0.25, 0.3) is 0 Å². The molecule has 1 fully saturated rings. The third-order valence-electron chi connectivity index (χ3n) is 3.02. The van der Waals surface area contributed by atoms with Gasteiger partial charge in [0, 0.05) is 19.5 Å². The average molecular weight is 232 g/mol. The third-order valence-corrected chi connectivity index (χ3v) is 3.02. The second-order valence-electron chi connectivity index (χ2n) is 4.27. The number of amides is 2. The Hall–Kier alpha value is -1.84. The van der Waals surface area contributed by atoms with E-state index >= 15 is 0 Å². The quantitative estimate of drug-likeness (QED) is 0.821. The zero-order valence-corrected chi connectivity index (χ0v) is 9.90. The van der Waals surface area contributed by atoms with Gasteiger partial charge in [-0.3, -0.25) is 9.59 Å². The monoisotopic (exact) mass is 232 g/mol. The molecular weight excluding hydrogens is 216 g/mol. The highest BCUT2D eigenvalue weighted by Gasteiger charge is 2.20. The van der Waals surface area contributed by atoms with Crippen LogP contribution < -0.4 is 5.32 Å². The van der Waals surface area contributed by atoms with Crippen LogP contribution in [0.25, 0.3) is 0 Å². The molecule has 1 aliphatic heterocycles. The van der Waals surface area contributed by atoms with E-state index in [0.717, 1.165) is 5.56 Å². The molecule has 1 aromatic rings. The van der Waals surface area contributed by atoms with Crippen LogP contribution in [0.2, 0.25) is 0 Å². The Balaban J connectivity index is 2.10. The highest BCUT2D eigenvalue weighted by molar-refractivity contribution is 5.87. The molecule has 0 bridgehead atoms. The van der Waals surface area contributed by atoms with E-state index in [9.17, 15) is 9.59 Å². The van der Waals surface area contributed by atoms with Gasteiger partial charge in [-0.15, -0.1) is 0 Å². The number of hydrogen-bond donors (Lipinski definition) is 1. The number of nitrogens with zero attached hydrogens (tertiary/aromatic N) is 1. The van der Waals surface area contributed by atoms with Crippen molar-refractivity contribution in [2.75, 3.05) is 13.1 Å². The first-order valence-corrected chi connectivity index (χ1v) is 5.76. The molecule has 1 aliphatic rings. The van der Waals surface area contributed by atoms with E-state index in [2.05, 4.69) is 5.32 Å². The summed E-state index contributed by atoms with van der Waals surface area (Å²) in [5, 5.41) is 2.59. The number of rotatable bonds is 2. The summed E-state index contributed by atoms with van der Waals surface area (Å²) < 4.78 is 0. The molecule has 0 atom stereocenters.